The van der Waals surface area contributed by atoms with Crippen LogP contribution >= 0.6 is 0 Å². The lowest BCUT2D eigenvalue weighted by Gasteiger charge is -2.20. The van der Waals surface area contributed by atoms with Crippen LogP contribution in [0.2, 0.25) is 0 Å². The monoisotopic (exact) mass is 285 g/mol. The van der Waals surface area contributed by atoms with Crippen LogP contribution in [0.15, 0.2) is 30.3 Å². The van der Waals surface area contributed by atoms with Gasteiger partial charge < -0.3 is 15.2 Å². The SMILES string of the molecule is CC(C)N1CCC(CNC(=O)c2cc3ccccc3[nH]2)C1. The first-order valence-electron chi connectivity index (χ1n) is 7.73. The zero-order valence-corrected chi connectivity index (χ0v) is 12.7. The lowest BCUT2D eigenvalue weighted by atomic mass is 10.1. The van der Waals surface area contributed by atoms with Crippen molar-refractivity contribution in [1.82, 2.24) is 15.2 Å². The first kappa shape index (κ1) is 14.1. The lowest BCUT2D eigenvalue weighted by Crippen LogP contribution is -2.33. The summed E-state index contributed by atoms with van der Waals surface area (Å²) in [4.78, 5) is 17.9. The summed E-state index contributed by atoms with van der Waals surface area (Å²) in [5, 5.41) is 4.14. The van der Waals surface area contributed by atoms with E-state index in [9.17, 15) is 4.79 Å². The maximum atomic E-state index is 12.2. The predicted octanol–water partition coefficient (Wildman–Crippen LogP) is 2.63. The summed E-state index contributed by atoms with van der Waals surface area (Å²) in [6, 6.07) is 10.5. The van der Waals surface area contributed by atoms with Gasteiger partial charge in [-0.1, -0.05) is 18.2 Å². The highest BCUT2D eigenvalue weighted by Gasteiger charge is 2.24. The molecule has 4 heteroatoms. The van der Waals surface area contributed by atoms with Gasteiger partial charge >= 0.3 is 0 Å². The van der Waals surface area contributed by atoms with Gasteiger partial charge in [-0.2, -0.15) is 0 Å². The minimum atomic E-state index is -0.00537. The van der Waals surface area contributed by atoms with Crippen LogP contribution in [0.4, 0.5) is 0 Å². The molecule has 1 fully saturated rings. The van der Waals surface area contributed by atoms with Crippen molar-refractivity contribution in [1.29, 1.82) is 0 Å². The van der Waals surface area contributed by atoms with Crippen molar-refractivity contribution < 1.29 is 4.79 Å². The molecular weight excluding hydrogens is 262 g/mol. The van der Waals surface area contributed by atoms with Crippen molar-refractivity contribution in [2.45, 2.75) is 26.3 Å². The molecule has 0 aliphatic carbocycles. The number of aromatic amines is 1. The average Bonchev–Trinajstić information content (AvgIpc) is 3.11. The Bertz CT molecular complexity index is 599. The molecule has 0 spiro atoms. The number of nitrogens with one attached hydrogen (secondary N) is 2. The van der Waals surface area contributed by atoms with Gasteiger partial charge in [-0.25, -0.2) is 0 Å². The zero-order valence-electron chi connectivity index (χ0n) is 12.7. The van der Waals surface area contributed by atoms with Crippen molar-refractivity contribution >= 4 is 16.8 Å². The van der Waals surface area contributed by atoms with Gasteiger partial charge in [0.25, 0.3) is 5.91 Å². The summed E-state index contributed by atoms with van der Waals surface area (Å²) >= 11 is 0. The van der Waals surface area contributed by atoms with E-state index in [1.165, 1.54) is 6.42 Å². The summed E-state index contributed by atoms with van der Waals surface area (Å²) in [6.45, 7) is 7.45. The molecule has 2 N–H and O–H groups in total. The summed E-state index contributed by atoms with van der Waals surface area (Å²) in [5.41, 5.74) is 1.66. The van der Waals surface area contributed by atoms with E-state index in [2.05, 4.69) is 29.0 Å². The van der Waals surface area contributed by atoms with Crippen LogP contribution in [0.1, 0.15) is 30.8 Å². The first-order valence-corrected chi connectivity index (χ1v) is 7.73. The highest BCUT2D eigenvalue weighted by molar-refractivity contribution is 5.97. The minimum Gasteiger partial charge on any atom is -0.351 e. The van der Waals surface area contributed by atoms with Gasteiger partial charge in [0.05, 0.1) is 0 Å². The van der Waals surface area contributed by atoms with Crippen LogP contribution in [0.5, 0.6) is 0 Å². The van der Waals surface area contributed by atoms with Crippen LogP contribution in [0.25, 0.3) is 10.9 Å². The van der Waals surface area contributed by atoms with E-state index in [1.54, 1.807) is 0 Å². The fourth-order valence-electron chi connectivity index (χ4n) is 3.03. The summed E-state index contributed by atoms with van der Waals surface area (Å²) in [6.07, 6.45) is 1.17. The van der Waals surface area contributed by atoms with Crippen LogP contribution in [-0.4, -0.2) is 41.5 Å². The van der Waals surface area contributed by atoms with Crippen molar-refractivity contribution in [3.05, 3.63) is 36.0 Å². The minimum absolute atomic E-state index is 0.00537. The van der Waals surface area contributed by atoms with Gasteiger partial charge in [0.1, 0.15) is 5.69 Å². The van der Waals surface area contributed by atoms with E-state index >= 15 is 0 Å². The number of aromatic nitrogens is 1. The molecule has 3 rings (SSSR count). The third kappa shape index (κ3) is 3.10. The Labute approximate surface area is 125 Å². The second kappa shape index (κ2) is 5.90. The standard InChI is InChI=1S/C17H23N3O/c1-12(2)20-8-7-13(11-20)10-18-17(21)16-9-14-5-3-4-6-15(14)19-16/h3-6,9,12-13,19H,7-8,10-11H2,1-2H3,(H,18,21). The number of H-pyrrole nitrogens is 1. The number of likely N-dealkylation sites (tertiary alicyclic amines) is 1. The second-order valence-corrected chi connectivity index (χ2v) is 6.22. The van der Waals surface area contributed by atoms with E-state index < -0.39 is 0 Å². The summed E-state index contributed by atoms with van der Waals surface area (Å²) in [5.74, 6) is 0.565. The Morgan fingerprint density at radius 2 is 2.24 bits per heavy atom. The van der Waals surface area contributed by atoms with E-state index in [-0.39, 0.29) is 5.91 Å². The van der Waals surface area contributed by atoms with Gasteiger partial charge in [-0.3, -0.25) is 4.79 Å². The number of para-hydroxylation sites is 1. The normalized spacial score (nSPS) is 19.5. The molecule has 112 valence electrons. The van der Waals surface area contributed by atoms with Crippen molar-refractivity contribution in [2.75, 3.05) is 19.6 Å². The Kier molecular flexibility index (Phi) is 3.97. The molecule has 1 aromatic carbocycles. The number of rotatable bonds is 4. The fraction of sp³-hybridized carbons (Fsp3) is 0.471. The molecule has 1 aromatic heterocycles. The second-order valence-electron chi connectivity index (χ2n) is 6.22. The van der Waals surface area contributed by atoms with Crippen LogP contribution in [0.3, 0.4) is 0 Å². The lowest BCUT2D eigenvalue weighted by molar-refractivity contribution is 0.0943. The number of amides is 1. The quantitative estimate of drug-likeness (QED) is 0.907. The predicted molar refractivity (Wildman–Crippen MR) is 85.4 cm³/mol. The molecule has 0 saturated carbocycles. The molecule has 1 amide bonds. The van der Waals surface area contributed by atoms with Gasteiger partial charge in [-0.05, 0) is 44.9 Å². The Balaban J connectivity index is 1.57. The number of hydrogen-bond donors (Lipinski definition) is 2. The third-order valence-electron chi connectivity index (χ3n) is 4.37. The topological polar surface area (TPSA) is 48.1 Å². The van der Waals surface area contributed by atoms with E-state index in [0.29, 0.717) is 17.7 Å². The number of nitrogens with zero attached hydrogens (tertiary/aromatic N) is 1. The molecule has 1 unspecified atom stereocenters. The zero-order chi connectivity index (χ0) is 14.8. The highest BCUT2D eigenvalue weighted by Crippen LogP contribution is 2.18. The van der Waals surface area contributed by atoms with Gasteiger partial charge in [0.15, 0.2) is 0 Å². The van der Waals surface area contributed by atoms with Crippen LogP contribution < -0.4 is 5.32 Å². The van der Waals surface area contributed by atoms with Crippen molar-refractivity contribution in [3.8, 4) is 0 Å². The molecule has 1 aliphatic rings. The van der Waals surface area contributed by atoms with Gasteiger partial charge in [-0.15, -0.1) is 0 Å². The van der Waals surface area contributed by atoms with Crippen LogP contribution in [0, 0.1) is 5.92 Å². The van der Waals surface area contributed by atoms with Crippen molar-refractivity contribution in [2.24, 2.45) is 5.92 Å². The molecule has 1 aliphatic heterocycles. The highest BCUT2D eigenvalue weighted by atomic mass is 16.1. The maximum Gasteiger partial charge on any atom is 0.267 e. The molecule has 0 radical (unpaired) electrons. The molecule has 1 saturated heterocycles. The number of fused-ring (bicyclic) bond motifs is 1. The number of benzene rings is 1. The number of carbonyl (C=O) groups excluding carboxylic acids is 1. The van der Waals surface area contributed by atoms with Crippen LogP contribution in [-0.2, 0) is 0 Å². The van der Waals surface area contributed by atoms with E-state index in [1.807, 2.05) is 30.3 Å². The molecule has 2 aromatic rings. The van der Waals surface area contributed by atoms with E-state index in [4.69, 9.17) is 0 Å². The molecule has 21 heavy (non-hydrogen) atoms. The average molecular weight is 285 g/mol. The van der Waals surface area contributed by atoms with Crippen molar-refractivity contribution in [3.63, 3.8) is 0 Å². The molecular formula is C17H23N3O. The Morgan fingerprint density at radius 3 is 2.95 bits per heavy atom. The molecule has 2 heterocycles. The molecule has 1 atom stereocenters. The summed E-state index contributed by atoms with van der Waals surface area (Å²) < 4.78 is 0. The van der Waals surface area contributed by atoms with Gasteiger partial charge in [0, 0.05) is 30.0 Å². The fourth-order valence-corrected chi connectivity index (χ4v) is 3.03. The largest absolute Gasteiger partial charge is 0.351 e. The number of carbonyl (C=O) groups is 1. The molecule has 0 bridgehead atoms. The first-order chi connectivity index (χ1) is 10.1. The third-order valence-corrected chi connectivity index (χ3v) is 4.37. The Morgan fingerprint density at radius 1 is 1.43 bits per heavy atom. The Hall–Kier alpha value is -1.81. The van der Waals surface area contributed by atoms with E-state index in [0.717, 1.165) is 30.5 Å². The maximum absolute atomic E-state index is 12.2. The summed E-state index contributed by atoms with van der Waals surface area (Å²) in [7, 11) is 0. The van der Waals surface area contributed by atoms with Gasteiger partial charge in [0.2, 0.25) is 0 Å². The smallest absolute Gasteiger partial charge is 0.267 e. The molecule has 4 nitrogen and oxygen atoms in total. The number of hydrogen-bond acceptors (Lipinski definition) is 2.